The first-order chi connectivity index (χ1) is 7.47. The molecule has 0 amide bonds. The Morgan fingerprint density at radius 2 is 2.19 bits per heavy atom. The van der Waals surface area contributed by atoms with Crippen LogP contribution in [0.5, 0.6) is 0 Å². The van der Waals surface area contributed by atoms with Crippen LogP contribution < -0.4 is 5.73 Å². The molecule has 0 aliphatic heterocycles. The maximum atomic E-state index is 10.9. The Hall–Kier alpha value is -0.810. The molecule has 1 aromatic heterocycles. The van der Waals surface area contributed by atoms with Gasteiger partial charge in [0.1, 0.15) is 15.6 Å². The van der Waals surface area contributed by atoms with Gasteiger partial charge in [-0.1, -0.05) is 0 Å². The van der Waals surface area contributed by atoms with Crippen molar-refractivity contribution in [3.05, 3.63) is 24.2 Å². The minimum Gasteiger partial charge on any atom is -0.469 e. The number of nitrogens with two attached hydrogens (primary N) is 1. The lowest BCUT2D eigenvalue weighted by Crippen LogP contribution is -2.21. The molecule has 1 rings (SSSR count). The van der Waals surface area contributed by atoms with Gasteiger partial charge in [-0.05, 0) is 31.4 Å². The molecule has 1 atom stereocenters. The molecule has 0 saturated carbocycles. The van der Waals surface area contributed by atoms with E-state index in [4.69, 9.17) is 10.2 Å². The first kappa shape index (κ1) is 13.3. The zero-order valence-corrected chi connectivity index (χ0v) is 10.4. The van der Waals surface area contributed by atoms with Crippen molar-refractivity contribution in [3.63, 3.8) is 0 Å². The van der Waals surface area contributed by atoms with Gasteiger partial charge >= 0.3 is 0 Å². The topological polar surface area (TPSA) is 73.3 Å². The third-order valence-electron chi connectivity index (χ3n) is 2.43. The summed E-state index contributed by atoms with van der Waals surface area (Å²) in [5.41, 5.74) is 5.88. The van der Waals surface area contributed by atoms with Gasteiger partial charge in [-0.25, -0.2) is 8.42 Å². The number of hydrogen-bond donors (Lipinski definition) is 1. The van der Waals surface area contributed by atoms with E-state index in [1.807, 2.05) is 12.1 Å². The van der Waals surface area contributed by atoms with Gasteiger partial charge in [-0.15, -0.1) is 0 Å². The number of rotatable bonds is 7. The van der Waals surface area contributed by atoms with E-state index in [0.717, 1.165) is 25.0 Å². The fourth-order valence-electron chi connectivity index (χ4n) is 1.53. The highest BCUT2D eigenvalue weighted by Crippen LogP contribution is 2.08. The number of aryl methyl sites for hydroxylation is 1. The smallest absolute Gasteiger partial charge is 0.147 e. The van der Waals surface area contributed by atoms with Crippen molar-refractivity contribution < 1.29 is 12.8 Å². The number of sulfone groups is 1. The van der Waals surface area contributed by atoms with Crippen LogP contribution in [-0.2, 0) is 16.3 Å². The molecule has 0 aliphatic rings. The molecule has 0 fully saturated rings. The van der Waals surface area contributed by atoms with Gasteiger partial charge in [0, 0.05) is 24.5 Å². The Morgan fingerprint density at radius 3 is 2.75 bits per heavy atom. The molecule has 16 heavy (non-hydrogen) atoms. The molecular weight excluding hydrogens is 226 g/mol. The molecule has 0 radical (unpaired) electrons. The highest BCUT2D eigenvalue weighted by Gasteiger charge is 2.07. The molecule has 2 N–H and O–H groups in total. The monoisotopic (exact) mass is 245 g/mol. The van der Waals surface area contributed by atoms with Gasteiger partial charge in [0.15, 0.2) is 0 Å². The fraction of sp³-hybridized carbons (Fsp3) is 0.636. The maximum absolute atomic E-state index is 10.9. The Balaban J connectivity index is 2.14. The standard InChI is InChI=1S/C11H19NO3S/c1-16(13,14)9-3-4-10(12)6-7-11-5-2-8-15-11/h2,5,8,10H,3-4,6-7,9,12H2,1H3. The van der Waals surface area contributed by atoms with Crippen LogP contribution in [0, 0.1) is 0 Å². The average Bonchev–Trinajstić information content (AvgIpc) is 2.65. The molecule has 92 valence electrons. The summed E-state index contributed by atoms with van der Waals surface area (Å²) in [6, 6.07) is 3.82. The van der Waals surface area contributed by atoms with Crippen LogP contribution >= 0.6 is 0 Å². The van der Waals surface area contributed by atoms with Crippen LogP contribution in [0.1, 0.15) is 25.0 Å². The predicted molar refractivity (Wildman–Crippen MR) is 63.9 cm³/mol. The van der Waals surface area contributed by atoms with Crippen molar-refractivity contribution in [2.75, 3.05) is 12.0 Å². The minimum atomic E-state index is -2.85. The molecular formula is C11H19NO3S. The third-order valence-corrected chi connectivity index (χ3v) is 3.46. The maximum Gasteiger partial charge on any atom is 0.147 e. The van der Waals surface area contributed by atoms with Gasteiger partial charge in [-0.3, -0.25) is 0 Å². The Morgan fingerprint density at radius 1 is 1.44 bits per heavy atom. The van der Waals surface area contributed by atoms with Gasteiger partial charge in [-0.2, -0.15) is 0 Å². The van der Waals surface area contributed by atoms with Crippen LogP contribution in [-0.4, -0.2) is 26.5 Å². The zero-order valence-electron chi connectivity index (χ0n) is 9.56. The molecule has 4 nitrogen and oxygen atoms in total. The molecule has 0 aromatic carbocycles. The van der Waals surface area contributed by atoms with Gasteiger partial charge in [0.2, 0.25) is 0 Å². The number of hydrogen-bond acceptors (Lipinski definition) is 4. The minimum absolute atomic E-state index is 0.0480. The lowest BCUT2D eigenvalue weighted by atomic mass is 10.1. The van der Waals surface area contributed by atoms with Crippen LogP contribution in [0.15, 0.2) is 22.8 Å². The third kappa shape index (κ3) is 5.92. The average molecular weight is 245 g/mol. The van der Waals surface area contributed by atoms with E-state index in [-0.39, 0.29) is 11.8 Å². The zero-order chi connectivity index (χ0) is 12.0. The summed E-state index contributed by atoms with van der Waals surface area (Å²) in [5.74, 6) is 1.15. The van der Waals surface area contributed by atoms with E-state index >= 15 is 0 Å². The van der Waals surface area contributed by atoms with Crippen LogP contribution in [0.3, 0.4) is 0 Å². The second-order valence-corrected chi connectivity index (χ2v) is 6.41. The quantitative estimate of drug-likeness (QED) is 0.787. The van der Waals surface area contributed by atoms with E-state index < -0.39 is 9.84 Å². The van der Waals surface area contributed by atoms with E-state index in [9.17, 15) is 8.42 Å². The molecule has 0 saturated heterocycles. The Labute approximate surface area is 96.7 Å². The van der Waals surface area contributed by atoms with E-state index in [2.05, 4.69) is 0 Å². The predicted octanol–water partition coefficient (Wildman–Crippen LogP) is 1.36. The van der Waals surface area contributed by atoms with Crippen LogP contribution in [0.25, 0.3) is 0 Å². The summed E-state index contributed by atoms with van der Waals surface area (Å²) in [6.45, 7) is 0. The van der Waals surface area contributed by atoms with Gasteiger partial charge < -0.3 is 10.2 Å². The first-order valence-electron chi connectivity index (χ1n) is 5.43. The van der Waals surface area contributed by atoms with Crippen molar-refractivity contribution in [2.45, 2.75) is 31.7 Å². The highest BCUT2D eigenvalue weighted by molar-refractivity contribution is 7.90. The lowest BCUT2D eigenvalue weighted by molar-refractivity contribution is 0.475. The van der Waals surface area contributed by atoms with Gasteiger partial charge in [0.05, 0.1) is 6.26 Å². The van der Waals surface area contributed by atoms with Crippen LogP contribution in [0.4, 0.5) is 0 Å². The van der Waals surface area contributed by atoms with Crippen molar-refractivity contribution in [2.24, 2.45) is 5.73 Å². The molecule has 5 heteroatoms. The molecule has 0 bridgehead atoms. The normalized spacial score (nSPS) is 13.9. The summed E-state index contributed by atoms with van der Waals surface area (Å²) in [5, 5.41) is 0. The van der Waals surface area contributed by atoms with Crippen molar-refractivity contribution in [1.82, 2.24) is 0 Å². The SMILES string of the molecule is CS(=O)(=O)CCCC(N)CCc1ccco1. The lowest BCUT2D eigenvalue weighted by Gasteiger charge is -2.09. The van der Waals surface area contributed by atoms with E-state index in [0.29, 0.717) is 6.42 Å². The molecule has 1 heterocycles. The largest absolute Gasteiger partial charge is 0.469 e. The summed E-state index contributed by atoms with van der Waals surface area (Å²) in [7, 11) is -2.85. The fourth-order valence-corrected chi connectivity index (χ4v) is 2.23. The molecule has 1 unspecified atom stereocenters. The number of furan rings is 1. The first-order valence-corrected chi connectivity index (χ1v) is 7.49. The summed E-state index contributed by atoms with van der Waals surface area (Å²) in [6.07, 6.45) is 5.92. The summed E-state index contributed by atoms with van der Waals surface area (Å²) in [4.78, 5) is 0. The molecule has 0 spiro atoms. The van der Waals surface area contributed by atoms with E-state index in [1.54, 1.807) is 6.26 Å². The van der Waals surface area contributed by atoms with Gasteiger partial charge in [0.25, 0.3) is 0 Å². The second kappa shape index (κ2) is 6.06. The van der Waals surface area contributed by atoms with E-state index in [1.165, 1.54) is 6.26 Å². The second-order valence-electron chi connectivity index (χ2n) is 4.15. The van der Waals surface area contributed by atoms with Crippen molar-refractivity contribution in [3.8, 4) is 0 Å². The molecule has 0 aliphatic carbocycles. The Kier molecular flexibility index (Phi) is 5.02. The summed E-state index contributed by atoms with van der Waals surface area (Å²) < 4.78 is 27.0. The highest BCUT2D eigenvalue weighted by atomic mass is 32.2. The van der Waals surface area contributed by atoms with Crippen LogP contribution in [0.2, 0.25) is 0 Å². The summed E-state index contributed by atoms with van der Waals surface area (Å²) >= 11 is 0. The molecule has 1 aromatic rings. The van der Waals surface area contributed by atoms with Crippen molar-refractivity contribution >= 4 is 9.84 Å². The van der Waals surface area contributed by atoms with Crippen molar-refractivity contribution in [1.29, 1.82) is 0 Å². The Bertz CT molecular complexity index is 383.